The van der Waals surface area contributed by atoms with Crippen LogP contribution in [0.3, 0.4) is 0 Å². The Balaban J connectivity index is 2.04. The number of pyridine rings is 1. The summed E-state index contributed by atoms with van der Waals surface area (Å²) in [4.78, 5) is 9.02. The lowest BCUT2D eigenvalue weighted by molar-refractivity contribution is 0.508. The van der Waals surface area contributed by atoms with Gasteiger partial charge in [0, 0.05) is 17.5 Å². The van der Waals surface area contributed by atoms with Crippen LogP contribution in [0.4, 0.5) is 0 Å². The van der Waals surface area contributed by atoms with Crippen molar-refractivity contribution in [1.29, 1.82) is 0 Å². The molecule has 3 heterocycles. The van der Waals surface area contributed by atoms with Gasteiger partial charge in [0.2, 0.25) is 0 Å². The van der Waals surface area contributed by atoms with Crippen molar-refractivity contribution in [3.8, 4) is 0 Å². The summed E-state index contributed by atoms with van der Waals surface area (Å²) in [7, 11) is 0. The molecule has 5 heteroatoms. The van der Waals surface area contributed by atoms with Crippen LogP contribution in [0.1, 0.15) is 25.6 Å². The van der Waals surface area contributed by atoms with Crippen LogP contribution in [-0.4, -0.2) is 25.0 Å². The summed E-state index contributed by atoms with van der Waals surface area (Å²) in [6.07, 6.45) is 4.38. The first kappa shape index (κ1) is 12.3. The van der Waals surface area contributed by atoms with E-state index in [0.29, 0.717) is 10.6 Å². The van der Waals surface area contributed by atoms with Gasteiger partial charge < -0.3 is 4.57 Å². The number of halogens is 1. The fourth-order valence-electron chi connectivity index (χ4n) is 2.57. The number of fused-ring (bicyclic) bond motifs is 1. The maximum Gasteiger partial charge on any atom is 0.160 e. The topological polar surface area (TPSA) is 30.7 Å². The quantitative estimate of drug-likeness (QED) is 0.808. The zero-order valence-corrected chi connectivity index (χ0v) is 12.0. The predicted molar refractivity (Wildman–Crippen MR) is 77.2 cm³/mol. The third-order valence-electron chi connectivity index (χ3n) is 3.50. The minimum absolute atomic E-state index is 0.298. The molecule has 0 aliphatic carbocycles. The molecule has 3 nitrogen and oxygen atoms in total. The van der Waals surface area contributed by atoms with Gasteiger partial charge in [0.15, 0.2) is 5.65 Å². The summed E-state index contributed by atoms with van der Waals surface area (Å²) in [6, 6.07) is 3.92. The summed E-state index contributed by atoms with van der Waals surface area (Å²) in [5, 5.41) is 0. The molecule has 2 aromatic rings. The van der Waals surface area contributed by atoms with Gasteiger partial charge in [-0.15, -0.1) is 11.6 Å². The summed E-state index contributed by atoms with van der Waals surface area (Å²) in [6.45, 7) is 3.28. The van der Waals surface area contributed by atoms with E-state index >= 15 is 0 Å². The molecule has 0 spiro atoms. The second-order valence-electron chi connectivity index (χ2n) is 5.00. The van der Waals surface area contributed by atoms with Crippen LogP contribution >= 0.6 is 23.4 Å². The van der Waals surface area contributed by atoms with E-state index in [1.165, 1.54) is 18.6 Å². The third-order valence-corrected chi connectivity index (χ3v) is 5.26. The lowest BCUT2D eigenvalue weighted by atomic mass is 10.1. The Kier molecular flexibility index (Phi) is 3.24. The summed E-state index contributed by atoms with van der Waals surface area (Å²) < 4.78 is 2.49. The van der Waals surface area contributed by atoms with Crippen molar-refractivity contribution in [2.75, 3.05) is 5.75 Å². The first-order chi connectivity index (χ1) is 8.72. The number of nitrogens with zero attached hydrogens (tertiary/aromatic N) is 3. The van der Waals surface area contributed by atoms with Gasteiger partial charge in [-0.25, -0.2) is 9.97 Å². The zero-order chi connectivity index (χ0) is 12.6. The van der Waals surface area contributed by atoms with E-state index in [0.717, 1.165) is 23.5 Å². The molecule has 0 aromatic carbocycles. The molecule has 1 saturated heterocycles. The van der Waals surface area contributed by atoms with Crippen molar-refractivity contribution in [1.82, 2.24) is 14.5 Å². The largest absolute Gasteiger partial charge is 0.310 e. The number of alkyl halides is 1. The lowest BCUT2D eigenvalue weighted by Crippen LogP contribution is -2.24. The Morgan fingerprint density at radius 2 is 2.44 bits per heavy atom. The van der Waals surface area contributed by atoms with Gasteiger partial charge in [-0.3, -0.25) is 0 Å². The van der Waals surface area contributed by atoms with E-state index in [2.05, 4.69) is 33.2 Å². The Bertz CT molecular complexity index is 560. The van der Waals surface area contributed by atoms with Gasteiger partial charge in [0.25, 0.3) is 0 Å². The Morgan fingerprint density at radius 1 is 1.56 bits per heavy atom. The molecule has 0 amide bonds. The van der Waals surface area contributed by atoms with Gasteiger partial charge in [0.05, 0.1) is 5.88 Å². The standard InChI is InChI=1S/C13H16ClN3S/c1-13(5-3-7-18-13)9-17-11(8-14)16-10-4-2-6-15-12(10)17/h2,4,6H,3,5,7-9H2,1H3. The van der Waals surface area contributed by atoms with E-state index in [-0.39, 0.29) is 0 Å². The SMILES string of the molecule is CC1(Cn2c(CCl)nc3cccnc32)CCCS1. The number of hydrogen-bond acceptors (Lipinski definition) is 3. The number of thioether (sulfide) groups is 1. The Morgan fingerprint density at radius 3 is 3.17 bits per heavy atom. The van der Waals surface area contributed by atoms with Gasteiger partial charge in [0.1, 0.15) is 11.3 Å². The minimum Gasteiger partial charge on any atom is -0.310 e. The van der Waals surface area contributed by atoms with Gasteiger partial charge in [-0.2, -0.15) is 11.8 Å². The van der Waals surface area contributed by atoms with Crippen molar-refractivity contribution in [3.05, 3.63) is 24.2 Å². The van der Waals surface area contributed by atoms with E-state index in [1.807, 2.05) is 18.3 Å². The lowest BCUT2D eigenvalue weighted by Gasteiger charge is -2.24. The maximum atomic E-state index is 6.02. The number of aromatic nitrogens is 3. The molecule has 1 atom stereocenters. The first-order valence-corrected chi connectivity index (χ1v) is 7.74. The van der Waals surface area contributed by atoms with Gasteiger partial charge >= 0.3 is 0 Å². The van der Waals surface area contributed by atoms with Crippen LogP contribution in [0.2, 0.25) is 0 Å². The second-order valence-corrected chi connectivity index (χ2v) is 6.95. The fourth-order valence-corrected chi connectivity index (χ4v) is 4.06. The molecule has 18 heavy (non-hydrogen) atoms. The molecule has 96 valence electrons. The molecule has 0 radical (unpaired) electrons. The summed E-state index contributed by atoms with van der Waals surface area (Å²) in [5.74, 6) is 2.63. The van der Waals surface area contributed by atoms with Crippen LogP contribution in [0, 0.1) is 0 Å². The van der Waals surface area contributed by atoms with E-state index < -0.39 is 0 Å². The normalized spacial score (nSPS) is 23.9. The molecule has 1 aliphatic rings. The fraction of sp³-hybridized carbons (Fsp3) is 0.538. The highest BCUT2D eigenvalue weighted by atomic mass is 35.5. The van der Waals surface area contributed by atoms with E-state index in [4.69, 9.17) is 11.6 Å². The van der Waals surface area contributed by atoms with E-state index in [1.54, 1.807) is 0 Å². The molecule has 2 aromatic heterocycles. The van der Waals surface area contributed by atoms with Crippen LogP contribution in [0.15, 0.2) is 18.3 Å². The van der Waals surface area contributed by atoms with Gasteiger partial charge in [-0.05, 0) is 37.7 Å². The minimum atomic E-state index is 0.298. The van der Waals surface area contributed by atoms with Crippen molar-refractivity contribution in [2.45, 2.75) is 36.9 Å². The molecule has 0 bridgehead atoms. The van der Waals surface area contributed by atoms with Crippen molar-refractivity contribution in [3.63, 3.8) is 0 Å². The van der Waals surface area contributed by atoms with Crippen LogP contribution in [0.5, 0.6) is 0 Å². The van der Waals surface area contributed by atoms with Crippen LogP contribution in [0.25, 0.3) is 11.2 Å². The Labute approximate surface area is 116 Å². The third kappa shape index (κ3) is 2.12. The molecule has 1 fully saturated rings. The average molecular weight is 282 g/mol. The Hall–Kier alpha value is -0.740. The second kappa shape index (κ2) is 4.74. The van der Waals surface area contributed by atoms with Crippen LogP contribution in [-0.2, 0) is 12.4 Å². The number of hydrogen-bond donors (Lipinski definition) is 0. The molecule has 0 N–H and O–H groups in total. The smallest absolute Gasteiger partial charge is 0.160 e. The molecule has 0 saturated carbocycles. The number of rotatable bonds is 3. The van der Waals surface area contributed by atoms with Crippen LogP contribution < -0.4 is 0 Å². The molecule has 1 unspecified atom stereocenters. The van der Waals surface area contributed by atoms with Crippen molar-refractivity contribution in [2.24, 2.45) is 0 Å². The molecular formula is C13H16ClN3S. The maximum absolute atomic E-state index is 6.02. The number of imidazole rings is 1. The van der Waals surface area contributed by atoms with Crippen molar-refractivity contribution < 1.29 is 0 Å². The highest BCUT2D eigenvalue weighted by Crippen LogP contribution is 2.39. The summed E-state index contributed by atoms with van der Waals surface area (Å²) in [5.41, 5.74) is 1.90. The predicted octanol–water partition coefficient (Wildman–Crippen LogP) is 3.46. The molecule has 1 aliphatic heterocycles. The first-order valence-electron chi connectivity index (χ1n) is 6.22. The highest BCUT2D eigenvalue weighted by Gasteiger charge is 2.31. The van der Waals surface area contributed by atoms with E-state index in [9.17, 15) is 0 Å². The average Bonchev–Trinajstić information content (AvgIpc) is 2.95. The molecular weight excluding hydrogens is 266 g/mol. The highest BCUT2D eigenvalue weighted by molar-refractivity contribution is 8.00. The summed E-state index contributed by atoms with van der Waals surface area (Å²) >= 11 is 8.07. The zero-order valence-electron chi connectivity index (χ0n) is 10.4. The van der Waals surface area contributed by atoms with Gasteiger partial charge in [-0.1, -0.05) is 0 Å². The molecule has 3 rings (SSSR count). The van der Waals surface area contributed by atoms with Crippen molar-refractivity contribution >= 4 is 34.5 Å². The monoisotopic (exact) mass is 281 g/mol.